The van der Waals surface area contributed by atoms with Gasteiger partial charge in [0.15, 0.2) is 9.84 Å². The summed E-state index contributed by atoms with van der Waals surface area (Å²) < 4.78 is 24.8. The maximum Gasteiger partial charge on any atom is 0.223 e. The molecule has 3 rings (SSSR count). The minimum Gasteiger partial charge on any atom is -0.340 e. The second kappa shape index (κ2) is 10.1. The highest BCUT2D eigenvalue weighted by Crippen LogP contribution is 2.16. The monoisotopic (exact) mass is 432 g/mol. The zero-order valence-electron chi connectivity index (χ0n) is 16.2. The minimum atomic E-state index is -3.49. The van der Waals surface area contributed by atoms with Crippen molar-refractivity contribution in [1.82, 2.24) is 9.80 Å². The number of piperazine rings is 1. The number of sulfone groups is 1. The molecule has 1 aliphatic heterocycles. The van der Waals surface area contributed by atoms with Crippen LogP contribution < -0.4 is 0 Å². The molecule has 0 saturated carbocycles. The summed E-state index contributed by atoms with van der Waals surface area (Å²) in [4.78, 5) is 16.7. The van der Waals surface area contributed by atoms with Crippen LogP contribution in [0.2, 0.25) is 5.02 Å². The van der Waals surface area contributed by atoms with Gasteiger partial charge in [-0.1, -0.05) is 54.1 Å². The first-order valence-electron chi connectivity index (χ1n) is 9.64. The number of nitrogens with zero attached hydrogens (tertiary/aromatic N) is 2. The lowest BCUT2D eigenvalue weighted by atomic mass is 10.2. The van der Waals surface area contributed by atoms with Crippen LogP contribution in [0, 0.1) is 0 Å². The van der Waals surface area contributed by atoms with Gasteiger partial charge in [-0.05, 0) is 29.8 Å². The Morgan fingerprint density at radius 3 is 2.28 bits per heavy atom. The average Bonchev–Trinajstić information content (AvgIpc) is 2.74. The van der Waals surface area contributed by atoms with Gasteiger partial charge in [-0.2, -0.15) is 0 Å². The smallest absolute Gasteiger partial charge is 0.223 e. The van der Waals surface area contributed by atoms with Crippen molar-refractivity contribution in [2.45, 2.75) is 11.3 Å². The van der Waals surface area contributed by atoms with Crippen LogP contribution in [0.25, 0.3) is 6.08 Å². The van der Waals surface area contributed by atoms with Gasteiger partial charge in [0, 0.05) is 44.2 Å². The molecule has 0 atom stereocenters. The molecule has 1 amide bonds. The van der Waals surface area contributed by atoms with Gasteiger partial charge in [0.05, 0.1) is 10.6 Å². The molecule has 0 aliphatic carbocycles. The van der Waals surface area contributed by atoms with E-state index in [0.29, 0.717) is 18.1 Å². The molecular formula is C22H25ClN2O3S. The van der Waals surface area contributed by atoms with Gasteiger partial charge in [0.2, 0.25) is 5.91 Å². The van der Waals surface area contributed by atoms with E-state index in [-0.39, 0.29) is 23.0 Å². The Bertz CT molecular complexity index is 936. The van der Waals surface area contributed by atoms with Gasteiger partial charge in [-0.3, -0.25) is 9.69 Å². The Kier molecular flexibility index (Phi) is 7.47. The van der Waals surface area contributed by atoms with Gasteiger partial charge < -0.3 is 4.90 Å². The third kappa shape index (κ3) is 6.42. The van der Waals surface area contributed by atoms with Crippen molar-refractivity contribution >= 4 is 33.4 Å². The molecule has 1 heterocycles. The Morgan fingerprint density at radius 1 is 0.966 bits per heavy atom. The summed E-state index contributed by atoms with van der Waals surface area (Å²) in [5.74, 6) is -0.296. The standard InChI is InChI=1S/C22H25ClN2O3S/c23-20-8-10-21(11-9-20)29(27,28)18-12-22(26)25-16-14-24(15-17-25)13-4-7-19-5-2-1-3-6-19/h1-11H,12-18H2. The largest absolute Gasteiger partial charge is 0.340 e. The molecule has 7 heteroatoms. The molecule has 0 N–H and O–H groups in total. The third-order valence-electron chi connectivity index (χ3n) is 4.96. The first-order valence-corrected chi connectivity index (χ1v) is 11.7. The molecule has 2 aromatic rings. The number of carbonyl (C=O) groups excluding carboxylic acids is 1. The fourth-order valence-electron chi connectivity index (χ4n) is 3.22. The molecule has 1 fully saturated rings. The van der Waals surface area contributed by atoms with Gasteiger partial charge in [-0.25, -0.2) is 8.42 Å². The van der Waals surface area contributed by atoms with Crippen molar-refractivity contribution in [2.24, 2.45) is 0 Å². The molecule has 0 spiro atoms. The highest BCUT2D eigenvalue weighted by molar-refractivity contribution is 7.91. The van der Waals surface area contributed by atoms with E-state index in [4.69, 9.17) is 11.6 Å². The number of hydrogen-bond donors (Lipinski definition) is 0. The molecule has 1 aliphatic rings. The Hall–Kier alpha value is -2.15. The van der Waals surface area contributed by atoms with Gasteiger partial charge in [-0.15, -0.1) is 0 Å². The predicted octanol–water partition coefficient (Wildman–Crippen LogP) is 3.36. The lowest BCUT2D eigenvalue weighted by Gasteiger charge is -2.34. The average molecular weight is 433 g/mol. The van der Waals surface area contributed by atoms with Crippen molar-refractivity contribution in [3.63, 3.8) is 0 Å². The number of hydrogen-bond acceptors (Lipinski definition) is 4. The first-order chi connectivity index (χ1) is 13.9. The second-order valence-electron chi connectivity index (χ2n) is 7.02. The fraction of sp³-hybridized carbons (Fsp3) is 0.318. The van der Waals surface area contributed by atoms with E-state index in [1.807, 2.05) is 18.2 Å². The molecule has 0 aromatic heterocycles. The van der Waals surface area contributed by atoms with Crippen molar-refractivity contribution in [1.29, 1.82) is 0 Å². The summed E-state index contributed by atoms with van der Waals surface area (Å²) in [6.45, 7) is 3.66. The summed E-state index contributed by atoms with van der Waals surface area (Å²) in [5.41, 5.74) is 1.17. The highest BCUT2D eigenvalue weighted by Gasteiger charge is 2.23. The molecule has 0 bridgehead atoms. The van der Waals surface area contributed by atoms with E-state index in [1.165, 1.54) is 17.7 Å². The van der Waals surface area contributed by atoms with Crippen LogP contribution in [0.3, 0.4) is 0 Å². The van der Waals surface area contributed by atoms with E-state index >= 15 is 0 Å². The van der Waals surface area contributed by atoms with Crippen LogP contribution in [0.5, 0.6) is 0 Å². The molecule has 1 saturated heterocycles. The molecule has 154 valence electrons. The molecule has 2 aromatic carbocycles. The van der Waals surface area contributed by atoms with Crippen molar-refractivity contribution in [3.8, 4) is 0 Å². The number of amides is 1. The van der Waals surface area contributed by atoms with Gasteiger partial charge >= 0.3 is 0 Å². The highest BCUT2D eigenvalue weighted by atomic mass is 35.5. The van der Waals surface area contributed by atoms with Crippen LogP contribution in [0.4, 0.5) is 0 Å². The lowest BCUT2D eigenvalue weighted by Crippen LogP contribution is -2.48. The molecular weight excluding hydrogens is 408 g/mol. The van der Waals surface area contributed by atoms with Crippen LogP contribution in [0.1, 0.15) is 12.0 Å². The van der Waals surface area contributed by atoms with E-state index in [0.717, 1.165) is 19.6 Å². The molecule has 0 unspecified atom stereocenters. The van der Waals surface area contributed by atoms with E-state index in [2.05, 4.69) is 29.2 Å². The summed E-state index contributed by atoms with van der Waals surface area (Å²) in [5, 5.41) is 0.483. The fourth-order valence-corrected chi connectivity index (χ4v) is 4.58. The van der Waals surface area contributed by atoms with Gasteiger partial charge in [0.1, 0.15) is 0 Å². The summed E-state index contributed by atoms with van der Waals surface area (Å²) >= 11 is 5.80. The zero-order chi connectivity index (χ0) is 20.7. The summed E-state index contributed by atoms with van der Waals surface area (Å²) in [7, 11) is -3.49. The molecule has 29 heavy (non-hydrogen) atoms. The minimum absolute atomic E-state index is 0.00112. The SMILES string of the molecule is O=C(CCS(=O)(=O)c1ccc(Cl)cc1)N1CCN(CC=Cc2ccccc2)CC1. The topological polar surface area (TPSA) is 57.7 Å². The van der Waals surface area contributed by atoms with Crippen LogP contribution in [-0.2, 0) is 14.6 Å². The number of benzene rings is 2. The number of carbonyl (C=O) groups is 1. The Labute approximate surface area is 177 Å². The van der Waals surface area contributed by atoms with Crippen molar-refractivity contribution in [3.05, 3.63) is 71.3 Å². The van der Waals surface area contributed by atoms with Crippen molar-refractivity contribution in [2.75, 3.05) is 38.5 Å². The van der Waals surface area contributed by atoms with Crippen LogP contribution in [-0.4, -0.2) is 62.6 Å². The van der Waals surface area contributed by atoms with Crippen LogP contribution >= 0.6 is 11.6 Å². The Morgan fingerprint density at radius 2 is 1.62 bits per heavy atom. The predicted molar refractivity (Wildman–Crippen MR) is 117 cm³/mol. The van der Waals surface area contributed by atoms with Gasteiger partial charge in [0.25, 0.3) is 0 Å². The number of halogens is 1. The number of rotatable bonds is 7. The third-order valence-corrected chi connectivity index (χ3v) is 6.94. The maximum absolute atomic E-state index is 12.4. The van der Waals surface area contributed by atoms with Crippen molar-refractivity contribution < 1.29 is 13.2 Å². The summed E-state index contributed by atoms with van der Waals surface area (Å²) in [6, 6.07) is 16.2. The van der Waals surface area contributed by atoms with E-state index < -0.39 is 9.84 Å². The van der Waals surface area contributed by atoms with E-state index in [9.17, 15) is 13.2 Å². The zero-order valence-corrected chi connectivity index (χ0v) is 17.8. The lowest BCUT2D eigenvalue weighted by molar-refractivity contribution is -0.132. The Balaban J connectivity index is 1.43. The quantitative estimate of drug-likeness (QED) is 0.673. The maximum atomic E-state index is 12.4. The van der Waals surface area contributed by atoms with E-state index in [1.54, 1.807) is 17.0 Å². The molecule has 0 radical (unpaired) electrons. The second-order valence-corrected chi connectivity index (χ2v) is 9.56. The van der Waals surface area contributed by atoms with Crippen LogP contribution in [0.15, 0.2) is 65.6 Å². The molecule has 5 nitrogen and oxygen atoms in total. The summed E-state index contributed by atoms with van der Waals surface area (Å²) in [6.07, 6.45) is 4.23. The normalized spacial score (nSPS) is 15.7. The first kappa shape index (κ1) is 21.6.